The molecule has 2 heterocycles. The molecule has 0 atom stereocenters. The van der Waals surface area contributed by atoms with Gasteiger partial charge in [-0.3, -0.25) is 15.1 Å². The summed E-state index contributed by atoms with van der Waals surface area (Å²) < 4.78 is 5.44. The number of carbonyl (C=O) groups excluding carboxylic acids is 1. The number of furan rings is 1. The maximum atomic E-state index is 11.4. The Hall–Kier alpha value is -1.37. The van der Waals surface area contributed by atoms with Crippen LogP contribution >= 0.6 is 0 Å². The highest BCUT2D eigenvalue weighted by Crippen LogP contribution is 2.17. The van der Waals surface area contributed by atoms with Crippen LogP contribution in [0.25, 0.3) is 0 Å². The molecule has 6 heteroatoms. The van der Waals surface area contributed by atoms with Gasteiger partial charge in [-0.1, -0.05) is 6.92 Å². The van der Waals surface area contributed by atoms with Gasteiger partial charge in [0.25, 0.3) is 5.91 Å². The summed E-state index contributed by atoms with van der Waals surface area (Å²) >= 11 is 0. The van der Waals surface area contributed by atoms with Gasteiger partial charge in [-0.05, 0) is 38.5 Å². The van der Waals surface area contributed by atoms with Crippen molar-refractivity contribution in [1.82, 2.24) is 15.6 Å². The summed E-state index contributed by atoms with van der Waals surface area (Å²) in [6.07, 6.45) is 3.77. The normalized spacial score (nSPS) is 16.8. The lowest BCUT2D eigenvalue weighted by molar-refractivity contribution is 0.0953. The van der Waals surface area contributed by atoms with Crippen LogP contribution < -0.4 is 16.6 Å². The average Bonchev–Trinajstić information content (AvgIpc) is 2.93. The Labute approximate surface area is 113 Å². The van der Waals surface area contributed by atoms with Crippen molar-refractivity contribution in [3.8, 4) is 0 Å². The zero-order valence-electron chi connectivity index (χ0n) is 11.3. The van der Waals surface area contributed by atoms with Crippen molar-refractivity contribution >= 4 is 5.91 Å². The predicted molar refractivity (Wildman–Crippen MR) is 72.3 cm³/mol. The first-order valence-corrected chi connectivity index (χ1v) is 6.77. The van der Waals surface area contributed by atoms with E-state index in [2.05, 4.69) is 22.6 Å². The number of carbonyl (C=O) groups is 1. The molecule has 1 aliphatic rings. The van der Waals surface area contributed by atoms with Gasteiger partial charge in [0.2, 0.25) is 0 Å². The number of nitrogens with two attached hydrogens (primary N) is 1. The molecule has 1 aromatic rings. The average molecular weight is 266 g/mol. The third-order valence-electron chi connectivity index (χ3n) is 3.64. The highest BCUT2D eigenvalue weighted by molar-refractivity contribution is 5.93. The number of nitrogens with one attached hydrogen (secondary N) is 2. The van der Waals surface area contributed by atoms with Gasteiger partial charge in [0.1, 0.15) is 12.0 Å². The standard InChI is InChI=1S/C13H22N4O2/c1-2-17(11-3-5-15-6-4-11)8-12-7-10(9-19-12)13(18)16-14/h7,9,11,15H,2-6,8,14H2,1H3,(H,16,18). The summed E-state index contributed by atoms with van der Waals surface area (Å²) in [6.45, 7) is 6.00. The Balaban J connectivity index is 1.97. The van der Waals surface area contributed by atoms with Crippen molar-refractivity contribution in [2.45, 2.75) is 32.4 Å². The van der Waals surface area contributed by atoms with Crippen molar-refractivity contribution in [2.75, 3.05) is 19.6 Å². The molecule has 1 saturated heterocycles. The van der Waals surface area contributed by atoms with Crippen molar-refractivity contribution < 1.29 is 9.21 Å². The highest BCUT2D eigenvalue weighted by atomic mass is 16.3. The number of rotatable bonds is 5. The van der Waals surface area contributed by atoms with E-state index in [-0.39, 0.29) is 5.91 Å². The minimum atomic E-state index is -0.320. The van der Waals surface area contributed by atoms with E-state index >= 15 is 0 Å². The quantitative estimate of drug-likeness (QED) is 0.409. The fourth-order valence-corrected chi connectivity index (χ4v) is 2.54. The Bertz CT molecular complexity index is 413. The number of hydrogen-bond acceptors (Lipinski definition) is 5. The third-order valence-corrected chi connectivity index (χ3v) is 3.64. The number of hydrazine groups is 1. The summed E-state index contributed by atoms with van der Waals surface area (Å²) in [7, 11) is 0. The van der Waals surface area contributed by atoms with Gasteiger partial charge in [-0.15, -0.1) is 0 Å². The van der Waals surface area contributed by atoms with Crippen molar-refractivity contribution in [2.24, 2.45) is 5.84 Å². The highest BCUT2D eigenvalue weighted by Gasteiger charge is 2.21. The number of amides is 1. The molecule has 0 aliphatic carbocycles. The fourth-order valence-electron chi connectivity index (χ4n) is 2.54. The topological polar surface area (TPSA) is 83.5 Å². The van der Waals surface area contributed by atoms with Crippen molar-refractivity contribution in [1.29, 1.82) is 0 Å². The van der Waals surface area contributed by atoms with E-state index in [1.807, 2.05) is 0 Å². The molecule has 0 radical (unpaired) electrons. The lowest BCUT2D eigenvalue weighted by Gasteiger charge is -2.33. The first-order chi connectivity index (χ1) is 9.24. The van der Waals surface area contributed by atoms with E-state index in [4.69, 9.17) is 10.3 Å². The van der Waals surface area contributed by atoms with Gasteiger partial charge in [0.15, 0.2) is 0 Å². The van der Waals surface area contributed by atoms with Gasteiger partial charge >= 0.3 is 0 Å². The maximum Gasteiger partial charge on any atom is 0.268 e. The van der Waals surface area contributed by atoms with Crippen LogP contribution in [0.3, 0.4) is 0 Å². The van der Waals surface area contributed by atoms with Gasteiger partial charge in [0.05, 0.1) is 12.1 Å². The van der Waals surface area contributed by atoms with E-state index in [0.29, 0.717) is 11.6 Å². The summed E-state index contributed by atoms with van der Waals surface area (Å²) in [6, 6.07) is 2.34. The number of hydrogen-bond donors (Lipinski definition) is 3. The minimum absolute atomic E-state index is 0.320. The zero-order valence-corrected chi connectivity index (χ0v) is 11.3. The molecular weight excluding hydrogens is 244 g/mol. The third kappa shape index (κ3) is 3.56. The SMILES string of the molecule is CCN(Cc1cc(C(=O)NN)co1)C1CCNCC1. The molecule has 0 saturated carbocycles. The molecule has 0 unspecified atom stereocenters. The molecule has 0 aromatic carbocycles. The monoisotopic (exact) mass is 266 g/mol. The molecule has 1 aromatic heterocycles. The zero-order chi connectivity index (χ0) is 13.7. The van der Waals surface area contributed by atoms with Crippen LogP contribution in [0, 0.1) is 0 Å². The smallest absolute Gasteiger partial charge is 0.268 e. The van der Waals surface area contributed by atoms with E-state index in [1.54, 1.807) is 6.07 Å². The van der Waals surface area contributed by atoms with Crippen LogP contribution in [-0.2, 0) is 6.54 Å². The van der Waals surface area contributed by atoms with Crippen molar-refractivity contribution in [3.05, 3.63) is 23.7 Å². The lowest BCUT2D eigenvalue weighted by atomic mass is 10.0. The van der Waals surface area contributed by atoms with E-state index in [0.717, 1.165) is 44.8 Å². The van der Waals surface area contributed by atoms with E-state index < -0.39 is 0 Å². The molecule has 0 spiro atoms. The Morgan fingerprint density at radius 1 is 1.58 bits per heavy atom. The molecule has 1 aliphatic heterocycles. The summed E-state index contributed by atoms with van der Waals surface area (Å²) in [5.74, 6) is 5.58. The van der Waals surface area contributed by atoms with E-state index in [9.17, 15) is 4.79 Å². The first-order valence-electron chi connectivity index (χ1n) is 6.77. The number of nitrogens with zero attached hydrogens (tertiary/aromatic N) is 1. The molecule has 106 valence electrons. The molecular formula is C13H22N4O2. The Kier molecular flexibility index (Phi) is 4.95. The largest absolute Gasteiger partial charge is 0.467 e. The molecule has 1 amide bonds. The lowest BCUT2D eigenvalue weighted by Crippen LogP contribution is -2.42. The second-order valence-electron chi connectivity index (χ2n) is 4.82. The Morgan fingerprint density at radius 3 is 2.95 bits per heavy atom. The molecule has 6 nitrogen and oxygen atoms in total. The van der Waals surface area contributed by atoms with Crippen molar-refractivity contribution in [3.63, 3.8) is 0 Å². The first kappa shape index (κ1) is 14.0. The second kappa shape index (κ2) is 6.70. The van der Waals surface area contributed by atoms with Crippen LogP contribution in [0.1, 0.15) is 35.9 Å². The molecule has 0 bridgehead atoms. The second-order valence-corrected chi connectivity index (χ2v) is 4.82. The molecule has 19 heavy (non-hydrogen) atoms. The molecule has 1 fully saturated rings. The molecule has 2 rings (SSSR count). The fraction of sp³-hybridized carbons (Fsp3) is 0.615. The van der Waals surface area contributed by atoms with Gasteiger partial charge in [0, 0.05) is 6.04 Å². The maximum absolute atomic E-state index is 11.4. The van der Waals surface area contributed by atoms with Crippen LogP contribution in [0.5, 0.6) is 0 Å². The summed E-state index contributed by atoms with van der Waals surface area (Å²) in [5, 5.41) is 3.37. The summed E-state index contributed by atoms with van der Waals surface area (Å²) in [4.78, 5) is 13.8. The van der Waals surface area contributed by atoms with Gasteiger partial charge in [-0.25, -0.2) is 5.84 Å². The van der Waals surface area contributed by atoms with Gasteiger partial charge in [-0.2, -0.15) is 0 Å². The number of piperidine rings is 1. The predicted octanol–water partition coefficient (Wildman–Crippen LogP) is 0.457. The van der Waals surface area contributed by atoms with Crippen LogP contribution in [0.2, 0.25) is 0 Å². The molecule has 4 N–H and O–H groups in total. The van der Waals surface area contributed by atoms with E-state index in [1.165, 1.54) is 6.26 Å². The van der Waals surface area contributed by atoms with Crippen LogP contribution in [-0.4, -0.2) is 36.5 Å². The number of nitrogen functional groups attached to an aromatic ring is 1. The Morgan fingerprint density at radius 2 is 2.32 bits per heavy atom. The summed E-state index contributed by atoms with van der Waals surface area (Å²) in [5.41, 5.74) is 2.58. The van der Waals surface area contributed by atoms with Crippen LogP contribution in [0.15, 0.2) is 16.7 Å². The minimum Gasteiger partial charge on any atom is -0.467 e. The van der Waals surface area contributed by atoms with Crippen LogP contribution in [0.4, 0.5) is 0 Å². The van der Waals surface area contributed by atoms with Gasteiger partial charge < -0.3 is 9.73 Å².